The van der Waals surface area contributed by atoms with Crippen molar-refractivity contribution in [1.82, 2.24) is 9.66 Å². The van der Waals surface area contributed by atoms with Crippen LogP contribution in [0.3, 0.4) is 0 Å². The van der Waals surface area contributed by atoms with Gasteiger partial charge in [0.2, 0.25) is 0 Å². The van der Waals surface area contributed by atoms with E-state index >= 15 is 0 Å². The number of esters is 1. The van der Waals surface area contributed by atoms with E-state index in [1.807, 2.05) is 32.0 Å². The van der Waals surface area contributed by atoms with Crippen LogP contribution in [0.2, 0.25) is 0 Å². The van der Waals surface area contributed by atoms with E-state index in [-0.39, 0.29) is 24.7 Å². The van der Waals surface area contributed by atoms with E-state index in [0.29, 0.717) is 33.8 Å². The van der Waals surface area contributed by atoms with Crippen LogP contribution in [0.5, 0.6) is 11.5 Å². The number of fused-ring (bicyclic) bond motifs is 1. The molecule has 0 bridgehead atoms. The highest BCUT2D eigenvalue weighted by Crippen LogP contribution is 2.33. The van der Waals surface area contributed by atoms with Crippen LogP contribution in [0.4, 0.5) is 0 Å². The lowest BCUT2D eigenvalue weighted by atomic mass is 10.1. The number of carbonyl (C=O) groups is 1. The first-order valence-corrected chi connectivity index (χ1v) is 12.6. The molecular formula is C24H25BrIN3O5. The third kappa shape index (κ3) is 5.96. The Balaban J connectivity index is 2.02. The number of nitrogens with zero attached hydrogens (tertiary/aromatic N) is 3. The number of carbonyl (C=O) groups excluding carboxylic acids is 1. The van der Waals surface area contributed by atoms with E-state index in [9.17, 15) is 9.59 Å². The van der Waals surface area contributed by atoms with Crippen molar-refractivity contribution in [3.05, 3.63) is 60.1 Å². The van der Waals surface area contributed by atoms with Gasteiger partial charge in [0.25, 0.3) is 5.56 Å². The van der Waals surface area contributed by atoms with Gasteiger partial charge in [0.1, 0.15) is 5.82 Å². The van der Waals surface area contributed by atoms with Crippen molar-refractivity contribution in [2.45, 2.75) is 33.1 Å². The molecule has 0 saturated carbocycles. The lowest BCUT2D eigenvalue weighted by molar-refractivity contribution is -0.145. The second-order valence-electron chi connectivity index (χ2n) is 7.43. The van der Waals surface area contributed by atoms with E-state index in [0.717, 1.165) is 14.5 Å². The second kappa shape index (κ2) is 11.8. The van der Waals surface area contributed by atoms with Crippen LogP contribution in [-0.4, -0.2) is 42.2 Å². The summed E-state index contributed by atoms with van der Waals surface area (Å²) in [7, 11) is 1.51. The molecule has 0 fully saturated rings. The summed E-state index contributed by atoms with van der Waals surface area (Å²) < 4.78 is 18.8. The van der Waals surface area contributed by atoms with Gasteiger partial charge in [0, 0.05) is 10.4 Å². The van der Waals surface area contributed by atoms with Crippen LogP contribution in [0.15, 0.2) is 44.7 Å². The molecule has 1 aromatic heterocycles. The Kier molecular flexibility index (Phi) is 9.06. The summed E-state index contributed by atoms with van der Waals surface area (Å²) >= 11 is 5.52. The van der Waals surface area contributed by atoms with Gasteiger partial charge < -0.3 is 14.2 Å². The molecule has 0 spiro atoms. The third-order valence-corrected chi connectivity index (χ3v) is 6.39. The molecule has 0 aliphatic heterocycles. The van der Waals surface area contributed by atoms with E-state index in [1.165, 1.54) is 11.8 Å². The molecule has 0 aliphatic rings. The van der Waals surface area contributed by atoms with E-state index in [2.05, 4.69) is 43.6 Å². The Hall–Kier alpha value is -2.47. The average molecular weight is 642 g/mol. The zero-order valence-corrected chi connectivity index (χ0v) is 23.0. The summed E-state index contributed by atoms with van der Waals surface area (Å²) in [4.78, 5) is 29.7. The zero-order valence-electron chi connectivity index (χ0n) is 19.3. The largest absolute Gasteiger partial charge is 0.493 e. The summed E-state index contributed by atoms with van der Waals surface area (Å²) in [5, 5.41) is 4.98. The van der Waals surface area contributed by atoms with Gasteiger partial charge in [0.15, 0.2) is 18.1 Å². The highest BCUT2D eigenvalue weighted by atomic mass is 127. The minimum atomic E-state index is -0.460. The van der Waals surface area contributed by atoms with Gasteiger partial charge in [-0.25, -0.2) is 9.78 Å². The van der Waals surface area contributed by atoms with Gasteiger partial charge in [-0.1, -0.05) is 29.8 Å². The van der Waals surface area contributed by atoms with E-state index in [4.69, 9.17) is 19.2 Å². The summed E-state index contributed by atoms with van der Waals surface area (Å²) in [6, 6.07) is 8.99. The first kappa shape index (κ1) is 26.1. The minimum Gasteiger partial charge on any atom is -0.493 e. The predicted octanol–water partition coefficient (Wildman–Crippen LogP) is 5.11. The molecule has 0 saturated heterocycles. The lowest BCUT2D eigenvalue weighted by Crippen LogP contribution is -2.23. The standard InChI is InChI=1S/C24H25BrIN3O5/c1-5-14(3)23-28-19-8-7-16(25)11-17(19)24(31)29(23)27-12-15-9-18(26)22(20(10-15)32-4)34-13-21(30)33-6-2/h7-12,14H,5-6,13H2,1-4H3/t14-/m0/s1. The molecule has 0 amide bonds. The highest BCUT2D eigenvalue weighted by molar-refractivity contribution is 14.1. The fourth-order valence-corrected chi connectivity index (χ4v) is 4.33. The highest BCUT2D eigenvalue weighted by Gasteiger charge is 2.17. The Morgan fingerprint density at radius 2 is 2.06 bits per heavy atom. The van der Waals surface area contributed by atoms with Crippen molar-refractivity contribution < 1.29 is 19.0 Å². The summed E-state index contributed by atoms with van der Waals surface area (Å²) in [6.45, 7) is 5.85. The lowest BCUT2D eigenvalue weighted by Gasteiger charge is -2.14. The second-order valence-corrected chi connectivity index (χ2v) is 9.51. The third-order valence-electron chi connectivity index (χ3n) is 5.10. The number of methoxy groups -OCH3 is 1. The number of ether oxygens (including phenoxy) is 3. The number of halogens is 2. The van der Waals surface area contributed by atoms with Crippen LogP contribution in [0, 0.1) is 3.57 Å². The van der Waals surface area contributed by atoms with Gasteiger partial charge >= 0.3 is 5.97 Å². The Morgan fingerprint density at radius 3 is 2.74 bits per heavy atom. The molecule has 0 aliphatic carbocycles. The van der Waals surface area contributed by atoms with Crippen molar-refractivity contribution in [3.8, 4) is 11.5 Å². The van der Waals surface area contributed by atoms with Crippen molar-refractivity contribution >= 4 is 61.6 Å². The molecule has 8 nitrogen and oxygen atoms in total. The fourth-order valence-electron chi connectivity index (χ4n) is 3.19. The molecular weight excluding hydrogens is 617 g/mol. The maximum absolute atomic E-state index is 13.3. The van der Waals surface area contributed by atoms with Gasteiger partial charge in [-0.15, -0.1) is 0 Å². The van der Waals surface area contributed by atoms with Crippen LogP contribution in [-0.2, 0) is 9.53 Å². The van der Waals surface area contributed by atoms with Gasteiger partial charge in [-0.3, -0.25) is 4.79 Å². The molecule has 1 atom stereocenters. The molecule has 3 rings (SSSR count). The first-order chi connectivity index (χ1) is 16.3. The SMILES string of the molecule is CCOC(=O)COc1c(I)cc(C=Nn2c([C@@H](C)CC)nc3ccc(Br)cc3c2=O)cc1OC. The minimum absolute atomic E-state index is 0.0335. The van der Waals surface area contributed by atoms with Crippen LogP contribution >= 0.6 is 38.5 Å². The van der Waals surface area contributed by atoms with Crippen molar-refractivity contribution in [2.24, 2.45) is 5.10 Å². The molecule has 0 N–H and O–H groups in total. The number of rotatable bonds is 9. The van der Waals surface area contributed by atoms with Gasteiger partial charge in [-0.2, -0.15) is 9.78 Å². The maximum atomic E-state index is 13.3. The molecule has 3 aromatic rings. The van der Waals surface area contributed by atoms with Crippen LogP contribution < -0.4 is 15.0 Å². The quantitative estimate of drug-likeness (QED) is 0.183. The number of hydrogen-bond donors (Lipinski definition) is 0. The van der Waals surface area contributed by atoms with Gasteiger partial charge in [-0.05, 0) is 71.8 Å². The molecule has 0 radical (unpaired) electrons. The Morgan fingerprint density at radius 1 is 1.29 bits per heavy atom. The van der Waals surface area contributed by atoms with Gasteiger partial charge in [0.05, 0.1) is 34.4 Å². The topological polar surface area (TPSA) is 92.0 Å². The van der Waals surface area contributed by atoms with Crippen LogP contribution in [0.25, 0.3) is 10.9 Å². The molecule has 2 aromatic carbocycles. The van der Waals surface area contributed by atoms with Crippen molar-refractivity contribution in [1.29, 1.82) is 0 Å². The maximum Gasteiger partial charge on any atom is 0.344 e. The first-order valence-electron chi connectivity index (χ1n) is 10.7. The van der Waals surface area contributed by atoms with Crippen LogP contribution in [0.1, 0.15) is 44.5 Å². The van der Waals surface area contributed by atoms with E-state index < -0.39 is 5.97 Å². The Bertz CT molecular complexity index is 1290. The number of benzene rings is 2. The number of aromatic nitrogens is 2. The Labute approximate surface area is 219 Å². The number of hydrogen-bond acceptors (Lipinski definition) is 7. The molecule has 10 heteroatoms. The van der Waals surface area contributed by atoms with Crippen molar-refractivity contribution in [3.63, 3.8) is 0 Å². The average Bonchev–Trinajstić information content (AvgIpc) is 2.82. The molecule has 180 valence electrons. The summed E-state index contributed by atoms with van der Waals surface area (Å²) in [5.74, 6) is 1.04. The zero-order chi connectivity index (χ0) is 24.8. The summed E-state index contributed by atoms with van der Waals surface area (Å²) in [5.41, 5.74) is 1.09. The summed E-state index contributed by atoms with van der Waals surface area (Å²) in [6.07, 6.45) is 2.39. The smallest absolute Gasteiger partial charge is 0.344 e. The molecule has 34 heavy (non-hydrogen) atoms. The molecule has 1 heterocycles. The fraction of sp³-hybridized carbons (Fsp3) is 0.333. The van der Waals surface area contributed by atoms with Crippen molar-refractivity contribution in [2.75, 3.05) is 20.3 Å². The van der Waals surface area contributed by atoms with E-state index in [1.54, 1.807) is 25.3 Å². The normalized spacial score (nSPS) is 12.2. The predicted molar refractivity (Wildman–Crippen MR) is 143 cm³/mol. The monoisotopic (exact) mass is 641 g/mol. The molecule has 0 unspecified atom stereocenters.